The lowest BCUT2D eigenvalue weighted by Crippen LogP contribution is -2.19. The molecule has 0 bridgehead atoms. The molecule has 9 heteroatoms. The summed E-state index contributed by atoms with van der Waals surface area (Å²) >= 11 is 0. The largest absolute Gasteiger partial charge is 0.416 e. The van der Waals surface area contributed by atoms with Crippen molar-refractivity contribution in [3.05, 3.63) is 83.9 Å². The van der Waals surface area contributed by atoms with Gasteiger partial charge in [-0.1, -0.05) is 24.3 Å². The van der Waals surface area contributed by atoms with Gasteiger partial charge in [-0.2, -0.15) is 13.2 Å². The van der Waals surface area contributed by atoms with Crippen LogP contribution < -0.4 is 21.7 Å². The Balaban J connectivity index is 1.82. The van der Waals surface area contributed by atoms with Crippen LogP contribution in [0, 0.1) is 0 Å². The minimum Gasteiger partial charge on any atom is -0.355 e. The van der Waals surface area contributed by atoms with Gasteiger partial charge in [0.15, 0.2) is 0 Å². The van der Waals surface area contributed by atoms with E-state index in [0.29, 0.717) is 17.1 Å². The zero-order valence-corrected chi connectivity index (χ0v) is 15.5. The van der Waals surface area contributed by atoms with E-state index >= 15 is 0 Å². The van der Waals surface area contributed by atoms with Crippen molar-refractivity contribution in [3.8, 4) is 0 Å². The molecule has 0 aliphatic heterocycles. The van der Waals surface area contributed by atoms with Crippen molar-refractivity contribution in [2.24, 2.45) is 5.73 Å². The van der Waals surface area contributed by atoms with Gasteiger partial charge in [0.05, 0.1) is 16.8 Å². The lowest BCUT2D eigenvalue weighted by atomic mass is 10.1. The topological polar surface area (TPSA) is 96.2 Å². The first-order valence-corrected chi connectivity index (χ1v) is 8.73. The van der Waals surface area contributed by atoms with Gasteiger partial charge < -0.3 is 21.7 Å². The highest BCUT2D eigenvalue weighted by atomic mass is 19.4. The average molecular weight is 414 g/mol. The van der Waals surface area contributed by atoms with Crippen LogP contribution in [0.2, 0.25) is 0 Å². The van der Waals surface area contributed by atoms with E-state index in [1.54, 1.807) is 36.4 Å². The number of urea groups is 1. The van der Waals surface area contributed by atoms with Crippen LogP contribution in [0.1, 0.15) is 15.9 Å². The Morgan fingerprint density at radius 3 is 2.10 bits per heavy atom. The molecule has 3 rings (SSSR count). The number of para-hydroxylation sites is 1. The zero-order valence-electron chi connectivity index (χ0n) is 15.5. The fourth-order valence-corrected chi connectivity index (χ4v) is 2.73. The van der Waals surface area contributed by atoms with Gasteiger partial charge in [-0.3, -0.25) is 4.79 Å². The summed E-state index contributed by atoms with van der Waals surface area (Å²) in [5.74, 6) is -0.485. The van der Waals surface area contributed by atoms with Crippen molar-refractivity contribution in [3.63, 3.8) is 0 Å². The predicted octanol–water partition coefficient (Wildman–Crippen LogP) is 5.19. The van der Waals surface area contributed by atoms with E-state index in [2.05, 4.69) is 16.0 Å². The molecule has 3 amide bonds. The third kappa shape index (κ3) is 5.28. The van der Waals surface area contributed by atoms with Crippen LogP contribution in [-0.2, 0) is 6.18 Å². The molecule has 0 unspecified atom stereocenters. The van der Waals surface area contributed by atoms with Crippen molar-refractivity contribution < 1.29 is 22.8 Å². The fourth-order valence-electron chi connectivity index (χ4n) is 2.73. The minimum absolute atomic E-state index is 0.192. The summed E-state index contributed by atoms with van der Waals surface area (Å²) in [6.45, 7) is 0. The molecule has 0 fully saturated rings. The molecule has 6 nitrogen and oxygen atoms in total. The van der Waals surface area contributed by atoms with E-state index < -0.39 is 23.7 Å². The van der Waals surface area contributed by atoms with Gasteiger partial charge in [-0.25, -0.2) is 4.79 Å². The second-order valence-corrected chi connectivity index (χ2v) is 6.27. The lowest BCUT2D eigenvalue weighted by molar-refractivity contribution is -0.137. The molecular weight excluding hydrogens is 397 g/mol. The molecule has 0 saturated carbocycles. The van der Waals surface area contributed by atoms with Crippen LogP contribution in [0.3, 0.4) is 0 Å². The monoisotopic (exact) mass is 414 g/mol. The molecule has 5 N–H and O–H groups in total. The lowest BCUT2D eigenvalue weighted by Gasteiger charge is -2.14. The van der Waals surface area contributed by atoms with Crippen LogP contribution in [0.5, 0.6) is 0 Å². The molecule has 0 aromatic heterocycles. The molecule has 0 heterocycles. The molecular formula is C21H17F3N4O2. The highest BCUT2D eigenvalue weighted by molar-refractivity contribution is 6.08. The number of nitrogens with two attached hydrogens (primary N) is 1. The number of anilines is 4. The van der Waals surface area contributed by atoms with Crippen molar-refractivity contribution in [1.29, 1.82) is 0 Å². The number of primary amides is 1. The number of carbonyl (C=O) groups is 2. The number of carbonyl (C=O) groups excluding carboxylic acids is 2. The summed E-state index contributed by atoms with van der Waals surface area (Å²) < 4.78 is 38.8. The van der Waals surface area contributed by atoms with Crippen LogP contribution in [0.15, 0.2) is 72.8 Å². The Hall–Kier alpha value is -4.01. The number of benzene rings is 3. The second-order valence-electron chi connectivity index (χ2n) is 6.27. The Labute approximate surface area is 169 Å². The van der Waals surface area contributed by atoms with Gasteiger partial charge >= 0.3 is 12.2 Å². The van der Waals surface area contributed by atoms with Crippen molar-refractivity contribution in [2.75, 3.05) is 16.0 Å². The summed E-state index contributed by atoms with van der Waals surface area (Å²) in [4.78, 5) is 23.7. The van der Waals surface area contributed by atoms with Crippen LogP contribution in [-0.4, -0.2) is 11.9 Å². The maximum atomic E-state index is 12.9. The molecule has 3 aromatic carbocycles. The fraction of sp³-hybridized carbons (Fsp3) is 0.0476. The maximum absolute atomic E-state index is 12.9. The summed E-state index contributed by atoms with van der Waals surface area (Å²) in [5.41, 5.74) is 5.84. The summed E-state index contributed by atoms with van der Waals surface area (Å²) in [6.07, 6.45) is -4.47. The summed E-state index contributed by atoms with van der Waals surface area (Å²) in [6, 6.07) is 16.7. The van der Waals surface area contributed by atoms with Crippen LogP contribution in [0.25, 0.3) is 0 Å². The molecule has 0 radical (unpaired) electrons. The van der Waals surface area contributed by atoms with Gasteiger partial charge in [0.25, 0.3) is 5.91 Å². The number of hydrogen-bond acceptors (Lipinski definition) is 3. The molecule has 30 heavy (non-hydrogen) atoms. The first-order valence-electron chi connectivity index (χ1n) is 8.73. The summed E-state index contributed by atoms with van der Waals surface area (Å²) in [7, 11) is 0. The second kappa shape index (κ2) is 8.56. The molecule has 0 spiro atoms. The van der Waals surface area contributed by atoms with E-state index in [1.165, 1.54) is 24.3 Å². The van der Waals surface area contributed by atoms with Gasteiger partial charge in [0, 0.05) is 17.1 Å². The minimum atomic E-state index is -4.47. The molecule has 0 saturated heterocycles. The number of alkyl halides is 3. The first kappa shape index (κ1) is 20.7. The third-order valence-electron chi connectivity index (χ3n) is 4.03. The Kier molecular flexibility index (Phi) is 5.91. The maximum Gasteiger partial charge on any atom is 0.416 e. The standard InChI is InChI=1S/C21H17F3N4O2/c22-21(23,24)13-5-3-6-14(11-13)26-18-10-2-1-9-17(18)19(29)27-15-7-4-8-16(12-15)28-20(25)30/h1-12,26H,(H,27,29)(H3,25,28,30). The average Bonchev–Trinajstić information content (AvgIpc) is 2.68. The molecule has 0 aliphatic rings. The zero-order chi connectivity index (χ0) is 21.7. The normalized spacial score (nSPS) is 10.9. The van der Waals surface area contributed by atoms with E-state index in [1.807, 2.05) is 0 Å². The molecule has 0 aliphatic carbocycles. The molecule has 3 aromatic rings. The Morgan fingerprint density at radius 1 is 0.767 bits per heavy atom. The highest BCUT2D eigenvalue weighted by Crippen LogP contribution is 2.32. The number of hydrogen-bond donors (Lipinski definition) is 4. The Bertz CT molecular complexity index is 1080. The number of halogens is 3. The van der Waals surface area contributed by atoms with E-state index in [-0.39, 0.29) is 11.3 Å². The Morgan fingerprint density at radius 2 is 1.40 bits per heavy atom. The van der Waals surface area contributed by atoms with Crippen LogP contribution in [0.4, 0.5) is 40.7 Å². The predicted molar refractivity (Wildman–Crippen MR) is 109 cm³/mol. The van der Waals surface area contributed by atoms with Gasteiger partial charge in [0.2, 0.25) is 0 Å². The highest BCUT2D eigenvalue weighted by Gasteiger charge is 2.30. The van der Waals surface area contributed by atoms with E-state index in [4.69, 9.17) is 5.73 Å². The quantitative estimate of drug-likeness (QED) is 0.463. The SMILES string of the molecule is NC(=O)Nc1cccc(NC(=O)c2ccccc2Nc2cccc(C(F)(F)F)c2)c1. The van der Waals surface area contributed by atoms with E-state index in [0.717, 1.165) is 12.1 Å². The smallest absolute Gasteiger partial charge is 0.355 e. The number of amides is 3. The number of nitrogens with one attached hydrogen (secondary N) is 3. The molecule has 154 valence electrons. The van der Waals surface area contributed by atoms with Gasteiger partial charge in [-0.15, -0.1) is 0 Å². The number of rotatable bonds is 5. The van der Waals surface area contributed by atoms with Crippen molar-refractivity contribution in [2.45, 2.75) is 6.18 Å². The van der Waals surface area contributed by atoms with Crippen molar-refractivity contribution >= 4 is 34.7 Å². The van der Waals surface area contributed by atoms with Gasteiger partial charge in [0.1, 0.15) is 0 Å². The van der Waals surface area contributed by atoms with Crippen LogP contribution >= 0.6 is 0 Å². The third-order valence-corrected chi connectivity index (χ3v) is 4.03. The van der Waals surface area contributed by atoms with E-state index in [9.17, 15) is 22.8 Å². The molecule has 0 atom stereocenters. The summed E-state index contributed by atoms with van der Waals surface area (Å²) in [5, 5.41) is 7.94. The first-order chi connectivity index (χ1) is 14.2. The van der Waals surface area contributed by atoms with Gasteiger partial charge in [-0.05, 0) is 48.5 Å². The van der Waals surface area contributed by atoms with Crippen molar-refractivity contribution in [1.82, 2.24) is 0 Å².